The quantitative estimate of drug-likeness (QED) is 0.0625. The Morgan fingerprint density at radius 3 is 1.95 bits per heavy atom. The first kappa shape index (κ1) is 37.5. The molecule has 232 valence electrons. The second-order valence-corrected chi connectivity index (χ2v) is 8.83. The first-order valence-electron chi connectivity index (χ1n) is 13.4. The molecule has 0 aliphatic heterocycles. The number of nitrogens with zero attached hydrogens (tertiary/aromatic N) is 1. The van der Waals surface area contributed by atoms with Gasteiger partial charge in [-0.3, -0.25) is 4.79 Å². The maximum absolute atomic E-state index is 12.2. The van der Waals surface area contributed by atoms with Crippen LogP contribution in [-0.4, -0.2) is 30.7 Å². The number of halogens is 3. The molecule has 1 atom stereocenters. The van der Waals surface area contributed by atoms with Crippen LogP contribution in [-0.2, 0) is 44.2 Å². The predicted molar refractivity (Wildman–Crippen MR) is 139 cm³/mol. The fraction of sp³-hybridized carbons (Fsp3) is 0.630. The zero-order valence-electron chi connectivity index (χ0n) is 23.2. The summed E-state index contributed by atoms with van der Waals surface area (Å²) in [4.78, 5) is 24.3. The van der Waals surface area contributed by atoms with Crippen LogP contribution in [0.1, 0.15) is 85.0 Å². The van der Waals surface area contributed by atoms with E-state index in [0.29, 0.717) is 0 Å². The van der Waals surface area contributed by atoms with Crippen LogP contribution in [0, 0.1) is 5.92 Å². The third-order valence-electron chi connectivity index (χ3n) is 5.87. The summed E-state index contributed by atoms with van der Waals surface area (Å²) in [6, 6.07) is 7.05. The monoisotopic (exact) mass is 666 g/mol. The van der Waals surface area contributed by atoms with Gasteiger partial charge in [0.2, 0.25) is 6.29 Å². The van der Waals surface area contributed by atoms with Crippen molar-refractivity contribution < 1.29 is 62.1 Å². The molecule has 1 unspecified atom stereocenters. The summed E-state index contributed by atoms with van der Waals surface area (Å²) < 4.78 is 54.1. The molecule has 0 amide bonds. The van der Waals surface area contributed by atoms with Crippen molar-refractivity contribution in [2.75, 3.05) is 0 Å². The fourth-order valence-electron chi connectivity index (χ4n) is 4.09. The van der Waals surface area contributed by atoms with Crippen LogP contribution in [0.5, 0.6) is 5.75 Å². The van der Waals surface area contributed by atoms with Gasteiger partial charge in [0.15, 0.2) is 5.88 Å². The normalized spacial score (nSPS) is 17.1. The molecule has 2 aliphatic carbocycles. The van der Waals surface area contributed by atoms with Gasteiger partial charge >= 0.3 is 18.3 Å². The van der Waals surface area contributed by atoms with E-state index in [1.165, 1.54) is 37.6 Å². The van der Waals surface area contributed by atoms with Crippen molar-refractivity contribution in [3.63, 3.8) is 0 Å². The summed E-state index contributed by atoms with van der Waals surface area (Å²) in [5, 5.41) is 0. The number of carbonyl (C=O) groups excluding carboxylic acids is 2. The van der Waals surface area contributed by atoms with Crippen molar-refractivity contribution in [1.29, 1.82) is 0 Å². The molecular formula is C27H41F3N3O6Pd-. The number of rotatable bonds is 8. The van der Waals surface area contributed by atoms with Gasteiger partial charge in [0, 0.05) is 33.0 Å². The van der Waals surface area contributed by atoms with Gasteiger partial charge in [0.25, 0.3) is 0 Å². The third kappa shape index (κ3) is 15.3. The molecule has 0 spiro atoms. The Labute approximate surface area is 248 Å². The number of esters is 2. The summed E-state index contributed by atoms with van der Waals surface area (Å²) in [6.07, 6.45) is 4.15. The molecule has 1 aromatic rings. The topological polar surface area (TPSA) is 137 Å². The third-order valence-corrected chi connectivity index (χ3v) is 5.87. The standard InChI is InChI=1S/C18H30N3O5.C7H5F3O.C2H6.Pd/c1-12(24-17(22)13-8-4-2-5-9-13)25-18(23)15(21-20)16(19)26-14-10-6-3-7-11-14;8-7(9,10)11-6-4-2-1-3-5-6;1-2;/h12-14H,2-11,20H2,1H3,(H2,19,23);1-5H;1-2H3;/q-1;;;. The maximum Gasteiger partial charge on any atom is 0.573 e. The minimum absolute atomic E-state index is 0. The SMILES string of the molecule is CC.CC(OC(=O)/C([N-]N)=C(/N)OC1CCCCC1)OC(=O)C1CCCCC1.FC(F)(F)Oc1ccccc1.[Pd]. The van der Waals surface area contributed by atoms with Crippen molar-refractivity contribution in [2.24, 2.45) is 17.5 Å². The molecule has 9 nitrogen and oxygen atoms in total. The molecular weight excluding hydrogens is 626 g/mol. The number of carbonyl (C=O) groups is 2. The van der Waals surface area contributed by atoms with E-state index in [-0.39, 0.29) is 55.7 Å². The van der Waals surface area contributed by atoms with Crippen molar-refractivity contribution in [2.45, 2.75) is 104 Å². The summed E-state index contributed by atoms with van der Waals surface area (Å²) in [5.41, 5.74) is 8.92. The zero-order chi connectivity index (χ0) is 29.3. The molecule has 2 saturated carbocycles. The van der Waals surface area contributed by atoms with Gasteiger partial charge < -0.3 is 35.9 Å². The number of alkyl halides is 3. The van der Waals surface area contributed by atoms with Crippen molar-refractivity contribution in [3.8, 4) is 5.75 Å². The molecule has 13 heteroatoms. The maximum atomic E-state index is 12.2. The number of nitrogens with two attached hydrogens (primary N) is 2. The predicted octanol–water partition coefficient (Wildman–Crippen LogP) is 6.33. The van der Waals surface area contributed by atoms with E-state index in [4.69, 9.17) is 25.8 Å². The number of para-hydroxylation sites is 1. The van der Waals surface area contributed by atoms with Crippen LogP contribution in [0.2, 0.25) is 0 Å². The summed E-state index contributed by atoms with van der Waals surface area (Å²) in [5.74, 6) is 3.58. The van der Waals surface area contributed by atoms with E-state index in [2.05, 4.69) is 10.2 Å². The largest absolute Gasteiger partial charge is 0.615 e. The fourth-order valence-corrected chi connectivity index (χ4v) is 4.09. The van der Waals surface area contributed by atoms with Crippen LogP contribution in [0.25, 0.3) is 5.43 Å². The van der Waals surface area contributed by atoms with E-state index < -0.39 is 18.6 Å². The van der Waals surface area contributed by atoms with Gasteiger partial charge in [0.05, 0.1) is 5.92 Å². The van der Waals surface area contributed by atoms with E-state index in [0.717, 1.165) is 57.8 Å². The van der Waals surface area contributed by atoms with E-state index in [1.54, 1.807) is 6.07 Å². The second-order valence-electron chi connectivity index (χ2n) is 8.83. The van der Waals surface area contributed by atoms with Crippen LogP contribution >= 0.6 is 0 Å². The number of ether oxygens (including phenoxy) is 4. The number of benzene rings is 1. The molecule has 2 aliphatic rings. The Morgan fingerprint density at radius 2 is 1.45 bits per heavy atom. The molecule has 1 aromatic carbocycles. The molecule has 0 heterocycles. The molecule has 0 radical (unpaired) electrons. The first-order chi connectivity index (χ1) is 18.6. The smallest absolute Gasteiger partial charge is 0.573 e. The Bertz CT molecular complexity index is 878. The summed E-state index contributed by atoms with van der Waals surface area (Å²) in [7, 11) is 0. The zero-order valence-corrected chi connectivity index (χ0v) is 24.7. The van der Waals surface area contributed by atoms with E-state index in [1.807, 2.05) is 13.8 Å². The van der Waals surface area contributed by atoms with E-state index in [9.17, 15) is 22.8 Å². The molecule has 0 bridgehead atoms. The molecule has 2 fully saturated rings. The van der Waals surface area contributed by atoms with Crippen molar-refractivity contribution in [1.82, 2.24) is 0 Å². The van der Waals surface area contributed by atoms with Crippen LogP contribution in [0.15, 0.2) is 41.9 Å². The molecule has 3 rings (SSSR count). The van der Waals surface area contributed by atoms with E-state index >= 15 is 0 Å². The Kier molecular flexibility index (Phi) is 19.1. The molecule has 40 heavy (non-hydrogen) atoms. The van der Waals surface area contributed by atoms with Gasteiger partial charge in [-0.05, 0) is 50.7 Å². The van der Waals surface area contributed by atoms with Gasteiger partial charge in [-0.15, -0.1) is 13.2 Å². The van der Waals surface area contributed by atoms with Crippen LogP contribution < -0.4 is 16.3 Å². The minimum atomic E-state index is -4.60. The van der Waals surface area contributed by atoms with Gasteiger partial charge in [-0.1, -0.05) is 57.7 Å². The van der Waals surface area contributed by atoms with Gasteiger partial charge in [0.1, 0.15) is 11.9 Å². The van der Waals surface area contributed by atoms with Gasteiger partial charge in [-0.25, -0.2) is 4.79 Å². The average molecular weight is 667 g/mol. The number of hydrogen-bond acceptors (Lipinski definition) is 8. The molecule has 0 saturated heterocycles. The number of hydrogen-bond donors (Lipinski definition) is 2. The minimum Gasteiger partial charge on any atom is -0.615 e. The first-order valence-corrected chi connectivity index (χ1v) is 13.4. The summed E-state index contributed by atoms with van der Waals surface area (Å²) >= 11 is 0. The Balaban J connectivity index is 0.000000910. The van der Waals surface area contributed by atoms with Crippen molar-refractivity contribution in [3.05, 3.63) is 47.3 Å². The molecule has 4 N–H and O–H groups in total. The Morgan fingerprint density at radius 1 is 0.925 bits per heavy atom. The summed E-state index contributed by atoms with van der Waals surface area (Å²) in [6.45, 7) is 5.48. The van der Waals surface area contributed by atoms with Crippen LogP contribution in [0.4, 0.5) is 13.2 Å². The second kappa shape index (κ2) is 20.4. The van der Waals surface area contributed by atoms with Crippen LogP contribution in [0.3, 0.4) is 0 Å². The Hall–Kier alpha value is -2.49. The van der Waals surface area contributed by atoms with Crippen molar-refractivity contribution >= 4 is 11.9 Å². The van der Waals surface area contributed by atoms with Gasteiger partial charge in [-0.2, -0.15) is 0 Å². The molecule has 0 aromatic heterocycles. The average Bonchev–Trinajstić information content (AvgIpc) is 2.91.